The topological polar surface area (TPSA) is 72.2 Å². The van der Waals surface area contributed by atoms with Crippen molar-refractivity contribution in [3.8, 4) is 0 Å². The SMILES string of the molecule is O=C(O)C(F)n1cnccc1=O. The molecular formula is C6H5FN2O3. The molecule has 0 radical (unpaired) electrons. The minimum Gasteiger partial charge on any atom is -0.478 e. The summed E-state index contributed by atoms with van der Waals surface area (Å²) >= 11 is 0. The van der Waals surface area contributed by atoms with E-state index in [0.29, 0.717) is 4.57 Å². The van der Waals surface area contributed by atoms with Crippen LogP contribution < -0.4 is 5.56 Å². The molecule has 1 atom stereocenters. The lowest BCUT2D eigenvalue weighted by atomic mass is 10.5. The number of carbonyl (C=O) groups is 1. The maximum atomic E-state index is 12.6. The van der Waals surface area contributed by atoms with Crippen molar-refractivity contribution >= 4 is 5.97 Å². The Hall–Kier alpha value is -1.72. The fraction of sp³-hybridized carbons (Fsp3) is 0.167. The lowest BCUT2D eigenvalue weighted by molar-refractivity contribution is -0.146. The number of aromatic nitrogens is 2. The van der Waals surface area contributed by atoms with E-state index < -0.39 is 17.8 Å². The molecule has 0 bridgehead atoms. The molecule has 12 heavy (non-hydrogen) atoms. The van der Waals surface area contributed by atoms with E-state index in [-0.39, 0.29) is 0 Å². The molecule has 1 aromatic heterocycles. The number of alkyl halides is 1. The van der Waals surface area contributed by atoms with Crippen molar-refractivity contribution in [2.24, 2.45) is 0 Å². The molecule has 1 aromatic rings. The summed E-state index contributed by atoms with van der Waals surface area (Å²) in [6.45, 7) is 0. The number of halogens is 1. The number of aliphatic carboxylic acids is 1. The van der Waals surface area contributed by atoms with Crippen LogP contribution in [0.4, 0.5) is 4.39 Å². The maximum absolute atomic E-state index is 12.6. The van der Waals surface area contributed by atoms with Gasteiger partial charge >= 0.3 is 5.97 Å². The van der Waals surface area contributed by atoms with Crippen molar-refractivity contribution in [2.75, 3.05) is 0 Å². The number of hydrogen-bond donors (Lipinski definition) is 1. The third-order valence-corrected chi connectivity index (χ3v) is 1.20. The largest absolute Gasteiger partial charge is 0.478 e. The second-order valence-corrected chi connectivity index (χ2v) is 2.00. The van der Waals surface area contributed by atoms with Crippen molar-refractivity contribution in [1.29, 1.82) is 0 Å². The maximum Gasteiger partial charge on any atom is 0.360 e. The van der Waals surface area contributed by atoms with Gasteiger partial charge in [-0.3, -0.25) is 9.36 Å². The molecule has 0 aliphatic heterocycles. The fourth-order valence-electron chi connectivity index (χ4n) is 0.649. The number of rotatable bonds is 2. The van der Waals surface area contributed by atoms with Crippen LogP contribution in [0.15, 0.2) is 23.4 Å². The average molecular weight is 172 g/mol. The third-order valence-electron chi connectivity index (χ3n) is 1.20. The van der Waals surface area contributed by atoms with E-state index in [9.17, 15) is 14.0 Å². The summed E-state index contributed by atoms with van der Waals surface area (Å²) in [5, 5.41) is 8.20. The predicted octanol–water partition coefficient (Wildman–Crippen LogP) is -0.204. The summed E-state index contributed by atoms with van der Waals surface area (Å²) in [5.41, 5.74) is -0.736. The highest BCUT2D eigenvalue weighted by Crippen LogP contribution is 2.02. The molecular weight excluding hydrogens is 167 g/mol. The van der Waals surface area contributed by atoms with Gasteiger partial charge in [-0.2, -0.15) is 0 Å². The lowest BCUT2D eigenvalue weighted by Gasteiger charge is -2.04. The minimum atomic E-state index is -2.37. The molecule has 6 heteroatoms. The van der Waals surface area contributed by atoms with Gasteiger partial charge in [0.05, 0.1) is 0 Å². The van der Waals surface area contributed by atoms with Gasteiger partial charge in [-0.25, -0.2) is 14.2 Å². The monoisotopic (exact) mass is 172 g/mol. The summed E-state index contributed by atoms with van der Waals surface area (Å²) in [5.74, 6) is -1.72. The summed E-state index contributed by atoms with van der Waals surface area (Å²) in [6, 6.07) is 0.982. The van der Waals surface area contributed by atoms with Crippen LogP contribution in [0.2, 0.25) is 0 Å². The van der Waals surface area contributed by atoms with Crippen molar-refractivity contribution in [3.63, 3.8) is 0 Å². The van der Waals surface area contributed by atoms with E-state index in [4.69, 9.17) is 5.11 Å². The van der Waals surface area contributed by atoms with Gasteiger partial charge in [0.25, 0.3) is 11.9 Å². The summed E-state index contributed by atoms with van der Waals surface area (Å²) in [7, 11) is 0. The van der Waals surface area contributed by atoms with Crippen LogP contribution in [-0.2, 0) is 4.79 Å². The second kappa shape index (κ2) is 3.12. The molecule has 1 unspecified atom stereocenters. The lowest BCUT2D eigenvalue weighted by Crippen LogP contribution is -2.26. The van der Waals surface area contributed by atoms with Crippen LogP contribution in [0.25, 0.3) is 0 Å². The Morgan fingerprint density at radius 1 is 1.75 bits per heavy atom. The first kappa shape index (κ1) is 8.38. The Balaban J connectivity index is 3.11. The molecule has 0 spiro atoms. The quantitative estimate of drug-likeness (QED) is 0.670. The van der Waals surface area contributed by atoms with E-state index in [1.807, 2.05) is 0 Å². The first-order valence-corrected chi connectivity index (χ1v) is 3.02. The Kier molecular flexibility index (Phi) is 2.18. The molecule has 0 aliphatic rings. The van der Waals surface area contributed by atoms with E-state index in [1.165, 1.54) is 0 Å². The Labute approximate surface area is 66.1 Å². The first-order chi connectivity index (χ1) is 5.63. The predicted molar refractivity (Wildman–Crippen MR) is 36.3 cm³/mol. The highest BCUT2D eigenvalue weighted by atomic mass is 19.1. The molecule has 0 amide bonds. The van der Waals surface area contributed by atoms with Crippen LogP contribution in [0.3, 0.4) is 0 Å². The average Bonchev–Trinajstić information content (AvgIpc) is 2.04. The van der Waals surface area contributed by atoms with Gasteiger partial charge < -0.3 is 5.11 Å². The first-order valence-electron chi connectivity index (χ1n) is 3.02. The number of carboxylic acid groups (broad SMARTS) is 1. The van der Waals surface area contributed by atoms with Gasteiger partial charge in [-0.1, -0.05) is 0 Å². The number of nitrogens with zero attached hydrogens (tertiary/aromatic N) is 2. The standard InChI is InChI=1S/C6H5FN2O3/c7-5(6(11)12)9-3-8-2-1-4(9)10/h1-3,5H,(H,11,12). The van der Waals surface area contributed by atoms with E-state index in [1.54, 1.807) is 0 Å². The van der Waals surface area contributed by atoms with Crippen LogP contribution in [0.1, 0.15) is 6.30 Å². The molecule has 5 nitrogen and oxygen atoms in total. The zero-order valence-corrected chi connectivity index (χ0v) is 5.85. The minimum absolute atomic E-state index is 0.391. The van der Waals surface area contributed by atoms with Gasteiger partial charge in [0.1, 0.15) is 6.33 Å². The smallest absolute Gasteiger partial charge is 0.360 e. The molecule has 1 rings (SSSR count). The zero-order valence-electron chi connectivity index (χ0n) is 5.85. The Morgan fingerprint density at radius 2 is 2.42 bits per heavy atom. The molecule has 0 saturated carbocycles. The Morgan fingerprint density at radius 3 is 2.92 bits per heavy atom. The fourth-order valence-corrected chi connectivity index (χ4v) is 0.649. The third kappa shape index (κ3) is 1.47. The van der Waals surface area contributed by atoms with Crippen LogP contribution in [-0.4, -0.2) is 20.6 Å². The van der Waals surface area contributed by atoms with E-state index >= 15 is 0 Å². The van der Waals surface area contributed by atoms with E-state index in [2.05, 4.69) is 4.98 Å². The molecule has 1 N–H and O–H groups in total. The van der Waals surface area contributed by atoms with Crippen molar-refractivity contribution in [3.05, 3.63) is 28.9 Å². The van der Waals surface area contributed by atoms with Crippen molar-refractivity contribution in [2.45, 2.75) is 6.30 Å². The summed E-state index contributed by atoms with van der Waals surface area (Å²) < 4.78 is 13.0. The van der Waals surface area contributed by atoms with Crippen molar-refractivity contribution in [1.82, 2.24) is 9.55 Å². The van der Waals surface area contributed by atoms with Gasteiger partial charge in [0, 0.05) is 12.3 Å². The molecule has 0 aromatic carbocycles. The van der Waals surface area contributed by atoms with Crippen LogP contribution in [0, 0.1) is 0 Å². The Bertz CT molecular complexity index is 349. The zero-order chi connectivity index (χ0) is 9.14. The summed E-state index contributed by atoms with van der Waals surface area (Å²) in [4.78, 5) is 24.3. The molecule has 0 aliphatic carbocycles. The molecule has 1 heterocycles. The second-order valence-electron chi connectivity index (χ2n) is 2.00. The highest BCUT2D eigenvalue weighted by Gasteiger charge is 2.18. The normalized spacial score (nSPS) is 12.4. The molecule has 64 valence electrons. The van der Waals surface area contributed by atoms with Gasteiger partial charge in [-0.15, -0.1) is 0 Å². The van der Waals surface area contributed by atoms with Crippen molar-refractivity contribution < 1.29 is 14.3 Å². The van der Waals surface area contributed by atoms with Crippen LogP contribution >= 0.6 is 0 Å². The number of carboxylic acids is 1. The van der Waals surface area contributed by atoms with Gasteiger partial charge in [0.15, 0.2) is 0 Å². The number of hydrogen-bond acceptors (Lipinski definition) is 3. The highest BCUT2D eigenvalue weighted by molar-refractivity contribution is 5.69. The summed E-state index contributed by atoms with van der Waals surface area (Å²) in [6.07, 6.45) is -0.375. The van der Waals surface area contributed by atoms with E-state index in [0.717, 1.165) is 18.6 Å². The molecule has 0 saturated heterocycles. The van der Waals surface area contributed by atoms with Crippen LogP contribution in [0.5, 0.6) is 0 Å². The van der Waals surface area contributed by atoms with Gasteiger partial charge in [0.2, 0.25) is 0 Å². The van der Waals surface area contributed by atoms with Gasteiger partial charge in [-0.05, 0) is 0 Å². The molecule has 0 fully saturated rings.